The molecule has 0 amide bonds. The van der Waals surface area contributed by atoms with Crippen LogP contribution in [0.1, 0.15) is 32.3 Å². The van der Waals surface area contributed by atoms with Crippen molar-refractivity contribution < 1.29 is 4.79 Å². The van der Waals surface area contributed by atoms with E-state index in [1.54, 1.807) is 10.8 Å². The Balaban J connectivity index is 2.34. The number of carbonyl (C=O) groups is 1. The van der Waals surface area contributed by atoms with Crippen molar-refractivity contribution >= 4 is 11.4 Å². The van der Waals surface area contributed by atoms with Crippen LogP contribution in [-0.4, -0.2) is 15.6 Å². The molecule has 0 bridgehead atoms. The van der Waals surface area contributed by atoms with Crippen molar-refractivity contribution in [3.05, 3.63) is 24.0 Å². The van der Waals surface area contributed by atoms with E-state index in [2.05, 4.69) is 18.9 Å². The van der Waals surface area contributed by atoms with E-state index in [4.69, 9.17) is 0 Å². The van der Waals surface area contributed by atoms with Gasteiger partial charge in [0.2, 0.25) is 0 Å². The summed E-state index contributed by atoms with van der Waals surface area (Å²) in [6, 6.07) is 0. The molecule has 0 N–H and O–H groups in total. The van der Waals surface area contributed by atoms with Crippen molar-refractivity contribution in [1.82, 2.24) is 9.78 Å². The molecule has 1 heterocycles. The van der Waals surface area contributed by atoms with Gasteiger partial charge in [-0.1, -0.05) is 13.8 Å². The lowest BCUT2D eigenvalue weighted by molar-refractivity contribution is -0.116. The number of ketones is 1. The number of rotatable bonds is 1. The molecule has 0 aromatic carbocycles. The van der Waals surface area contributed by atoms with Gasteiger partial charge in [0.25, 0.3) is 0 Å². The van der Waals surface area contributed by atoms with Crippen molar-refractivity contribution in [3.8, 4) is 0 Å². The summed E-state index contributed by atoms with van der Waals surface area (Å²) in [5, 5.41) is 4.13. The van der Waals surface area contributed by atoms with E-state index in [1.807, 2.05) is 19.4 Å². The van der Waals surface area contributed by atoms with Crippen molar-refractivity contribution in [3.63, 3.8) is 0 Å². The zero-order chi connectivity index (χ0) is 11.1. The molecule has 1 aromatic rings. The first-order valence-electron chi connectivity index (χ1n) is 5.19. The third-order valence-corrected chi connectivity index (χ3v) is 2.73. The number of aryl methyl sites for hydroxylation is 1. The Kier molecular flexibility index (Phi) is 2.25. The molecule has 2 rings (SSSR count). The van der Waals surface area contributed by atoms with Gasteiger partial charge < -0.3 is 0 Å². The number of nitrogens with zero attached hydrogens (tertiary/aromatic N) is 2. The molecule has 0 saturated heterocycles. The monoisotopic (exact) mass is 204 g/mol. The quantitative estimate of drug-likeness (QED) is 0.702. The topological polar surface area (TPSA) is 34.9 Å². The average molecular weight is 204 g/mol. The standard InChI is InChI=1S/C12H16N2O/c1-12(2)5-9(4-11(15)6-12)10-7-13-14(3)8-10/h4,7-8H,5-6H2,1-3H3. The lowest BCUT2D eigenvalue weighted by Crippen LogP contribution is -2.21. The molecule has 0 spiro atoms. The van der Waals surface area contributed by atoms with E-state index in [1.165, 1.54) is 0 Å². The summed E-state index contributed by atoms with van der Waals surface area (Å²) in [5.74, 6) is 0.227. The molecule has 0 saturated carbocycles. The Morgan fingerprint density at radius 3 is 2.67 bits per heavy atom. The molecule has 0 aliphatic heterocycles. The third kappa shape index (κ3) is 2.17. The highest BCUT2D eigenvalue weighted by atomic mass is 16.1. The predicted molar refractivity (Wildman–Crippen MR) is 59.2 cm³/mol. The molecular formula is C12H16N2O. The molecule has 3 heteroatoms. The highest BCUT2D eigenvalue weighted by Gasteiger charge is 2.28. The van der Waals surface area contributed by atoms with Crippen LogP contribution in [0.25, 0.3) is 5.57 Å². The van der Waals surface area contributed by atoms with Gasteiger partial charge in [0.15, 0.2) is 5.78 Å². The van der Waals surface area contributed by atoms with Crippen LogP contribution in [0.5, 0.6) is 0 Å². The van der Waals surface area contributed by atoms with Gasteiger partial charge in [-0.05, 0) is 23.5 Å². The van der Waals surface area contributed by atoms with Gasteiger partial charge in [0, 0.05) is 25.2 Å². The van der Waals surface area contributed by atoms with E-state index >= 15 is 0 Å². The minimum atomic E-state index is 0.0804. The van der Waals surface area contributed by atoms with Gasteiger partial charge in [0.05, 0.1) is 6.20 Å². The van der Waals surface area contributed by atoms with Crippen molar-refractivity contribution in [2.75, 3.05) is 0 Å². The SMILES string of the molecule is Cn1cc(C2=CC(=O)CC(C)(C)C2)cn1. The molecule has 15 heavy (non-hydrogen) atoms. The number of allylic oxidation sites excluding steroid dienone is 2. The van der Waals surface area contributed by atoms with E-state index < -0.39 is 0 Å². The van der Waals surface area contributed by atoms with Crippen LogP contribution in [0.2, 0.25) is 0 Å². The molecular weight excluding hydrogens is 188 g/mol. The maximum absolute atomic E-state index is 11.6. The molecule has 1 aliphatic carbocycles. The largest absolute Gasteiger partial charge is 0.295 e. The molecule has 0 atom stereocenters. The molecule has 1 aromatic heterocycles. The summed E-state index contributed by atoms with van der Waals surface area (Å²) in [6.45, 7) is 4.27. The summed E-state index contributed by atoms with van der Waals surface area (Å²) in [4.78, 5) is 11.6. The van der Waals surface area contributed by atoms with Crippen LogP contribution in [0.3, 0.4) is 0 Å². The van der Waals surface area contributed by atoms with E-state index in [9.17, 15) is 4.79 Å². The summed E-state index contributed by atoms with van der Waals surface area (Å²) >= 11 is 0. The number of carbonyl (C=O) groups excluding carboxylic acids is 1. The van der Waals surface area contributed by atoms with E-state index in [0.717, 1.165) is 17.6 Å². The minimum absolute atomic E-state index is 0.0804. The second-order valence-corrected chi connectivity index (χ2v) is 5.06. The van der Waals surface area contributed by atoms with Gasteiger partial charge in [-0.25, -0.2) is 0 Å². The number of aromatic nitrogens is 2. The van der Waals surface area contributed by atoms with Gasteiger partial charge in [-0.3, -0.25) is 9.48 Å². The predicted octanol–water partition coefficient (Wildman–Crippen LogP) is 2.19. The maximum Gasteiger partial charge on any atom is 0.156 e. The zero-order valence-corrected chi connectivity index (χ0v) is 9.45. The van der Waals surface area contributed by atoms with Gasteiger partial charge in [-0.2, -0.15) is 5.10 Å². The second kappa shape index (κ2) is 3.33. The van der Waals surface area contributed by atoms with Crippen LogP contribution < -0.4 is 0 Å². The van der Waals surface area contributed by atoms with Crippen molar-refractivity contribution in [2.24, 2.45) is 12.5 Å². The Hall–Kier alpha value is -1.38. The number of hydrogen-bond donors (Lipinski definition) is 0. The molecule has 0 radical (unpaired) electrons. The summed E-state index contributed by atoms with van der Waals surface area (Å²) in [5.41, 5.74) is 2.26. The molecule has 0 unspecified atom stereocenters. The van der Waals surface area contributed by atoms with Gasteiger partial charge in [0.1, 0.15) is 0 Å². The van der Waals surface area contributed by atoms with E-state index in [-0.39, 0.29) is 11.2 Å². The number of hydrogen-bond acceptors (Lipinski definition) is 2. The Labute approximate surface area is 89.8 Å². The van der Waals surface area contributed by atoms with Crippen molar-refractivity contribution in [1.29, 1.82) is 0 Å². The maximum atomic E-state index is 11.6. The summed E-state index contributed by atoms with van der Waals surface area (Å²) < 4.78 is 1.77. The van der Waals surface area contributed by atoms with E-state index in [0.29, 0.717) is 6.42 Å². The van der Waals surface area contributed by atoms with Gasteiger partial charge in [-0.15, -0.1) is 0 Å². The van der Waals surface area contributed by atoms with Crippen LogP contribution in [0.4, 0.5) is 0 Å². The molecule has 1 aliphatic rings. The van der Waals surface area contributed by atoms with Crippen LogP contribution in [0.15, 0.2) is 18.5 Å². The Morgan fingerprint density at radius 2 is 2.13 bits per heavy atom. The summed E-state index contributed by atoms with van der Waals surface area (Å²) in [7, 11) is 1.89. The molecule has 0 fully saturated rings. The van der Waals surface area contributed by atoms with Crippen LogP contribution >= 0.6 is 0 Å². The zero-order valence-electron chi connectivity index (χ0n) is 9.45. The van der Waals surface area contributed by atoms with Gasteiger partial charge >= 0.3 is 0 Å². The lowest BCUT2D eigenvalue weighted by Gasteiger charge is -2.28. The smallest absolute Gasteiger partial charge is 0.156 e. The first-order valence-corrected chi connectivity index (χ1v) is 5.19. The Bertz CT molecular complexity index is 427. The first-order chi connectivity index (χ1) is 6.96. The highest BCUT2D eigenvalue weighted by molar-refractivity contribution is 5.99. The second-order valence-electron chi connectivity index (χ2n) is 5.06. The fourth-order valence-electron chi connectivity index (χ4n) is 2.12. The minimum Gasteiger partial charge on any atom is -0.295 e. The summed E-state index contributed by atoms with van der Waals surface area (Å²) in [6.07, 6.45) is 7.14. The van der Waals surface area contributed by atoms with Crippen molar-refractivity contribution in [2.45, 2.75) is 26.7 Å². The molecule has 3 nitrogen and oxygen atoms in total. The van der Waals surface area contributed by atoms with Crippen LogP contribution in [-0.2, 0) is 11.8 Å². The first kappa shape index (κ1) is 10.1. The fraction of sp³-hybridized carbons (Fsp3) is 0.500. The fourth-order valence-corrected chi connectivity index (χ4v) is 2.12. The average Bonchev–Trinajstić information content (AvgIpc) is 2.48. The van der Waals surface area contributed by atoms with Crippen LogP contribution in [0, 0.1) is 5.41 Å². The lowest BCUT2D eigenvalue weighted by atomic mass is 9.75. The third-order valence-electron chi connectivity index (χ3n) is 2.73. The highest BCUT2D eigenvalue weighted by Crippen LogP contribution is 2.37. The normalized spacial score (nSPS) is 20.2. The Morgan fingerprint density at radius 1 is 1.40 bits per heavy atom. The molecule has 80 valence electrons.